The first kappa shape index (κ1) is 18.6. The topological polar surface area (TPSA) is 136 Å². The lowest BCUT2D eigenvalue weighted by molar-refractivity contribution is -0.145. The molecule has 1 aliphatic rings. The average molecular weight is 328 g/mol. The van der Waals surface area contributed by atoms with Crippen LogP contribution in [0.3, 0.4) is 0 Å². The van der Waals surface area contributed by atoms with E-state index in [2.05, 4.69) is 14.7 Å². The molecule has 2 rings (SSSR count). The normalized spacial score (nSPS) is 19.4. The summed E-state index contributed by atoms with van der Waals surface area (Å²) in [6.07, 6.45) is 2.01. The van der Waals surface area contributed by atoms with Gasteiger partial charge in [-0.05, 0) is 12.8 Å². The van der Waals surface area contributed by atoms with Gasteiger partial charge < -0.3 is 19.9 Å². The molecular weight excluding hydrogens is 308 g/mol. The van der Waals surface area contributed by atoms with E-state index in [0.717, 1.165) is 0 Å². The molecule has 1 aromatic rings. The number of nitrogens with two attached hydrogens (primary N) is 1. The molecule has 1 saturated heterocycles. The van der Waals surface area contributed by atoms with Gasteiger partial charge in [0.2, 0.25) is 5.95 Å². The Kier molecular flexibility index (Phi) is 7.13. The molecule has 0 aromatic carbocycles. The van der Waals surface area contributed by atoms with Crippen LogP contribution in [0.2, 0.25) is 0 Å². The molecule has 128 valence electrons. The zero-order valence-corrected chi connectivity index (χ0v) is 13.2. The summed E-state index contributed by atoms with van der Waals surface area (Å²) in [6, 6.07) is 0. The van der Waals surface area contributed by atoms with E-state index < -0.39 is 11.9 Å². The van der Waals surface area contributed by atoms with E-state index in [4.69, 9.17) is 15.2 Å². The maximum absolute atomic E-state index is 11.6. The molecule has 0 aliphatic carbocycles. The number of methoxy groups -OCH3 is 1. The largest absolute Gasteiger partial charge is 0.469 e. The Morgan fingerprint density at radius 1 is 1.39 bits per heavy atom. The molecule has 1 aliphatic heterocycles. The summed E-state index contributed by atoms with van der Waals surface area (Å²) in [5, 5.41) is 0. The number of ether oxygens (including phenoxy) is 3. The van der Waals surface area contributed by atoms with Crippen LogP contribution < -0.4 is 11.4 Å². The van der Waals surface area contributed by atoms with E-state index in [0.29, 0.717) is 12.8 Å². The van der Waals surface area contributed by atoms with Gasteiger partial charge in [0, 0.05) is 13.8 Å². The molecule has 2 N–H and O–H groups in total. The lowest BCUT2D eigenvalue weighted by Crippen LogP contribution is -2.29. The number of carbonyl (C=O) groups is 2. The zero-order valence-electron chi connectivity index (χ0n) is 13.2. The number of nitrogens with zero attached hydrogens (tertiary/aromatic N) is 3. The zero-order chi connectivity index (χ0) is 17.4. The minimum Gasteiger partial charge on any atom is -0.469 e. The Morgan fingerprint density at radius 3 is 2.57 bits per heavy atom. The van der Waals surface area contributed by atoms with Gasteiger partial charge in [0.05, 0.1) is 13.2 Å². The lowest BCUT2D eigenvalue weighted by atomic mass is 10.2. The van der Waals surface area contributed by atoms with Crippen LogP contribution >= 0.6 is 0 Å². The summed E-state index contributed by atoms with van der Waals surface area (Å²) < 4.78 is 15.8. The third-order valence-corrected chi connectivity index (χ3v) is 2.90. The van der Waals surface area contributed by atoms with Crippen LogP contribution in [0.5, 0.6) is 0 Å². The minimum absolute atomic E-state index is 0.0642. The van der Waals surface area contributed by atoms with Crippen LogP contribution in [-0.4, -0.2) is 46.3 Å². The number of rotatable bonds is 3. The summed E-state index contributed by atoms with van der Waals surface area (Å²) in [6.45, 7) is 2.89. The third kappa shape index (κ3) is 6.43. The molecule has 2 heterocycles. The monoisotopic (exact) mass is 328 g/mol. The molecule has 0 spiro atoms. The van der Waals surface area contributed by atoms with Crippen molar-refractivity contribution in [1.29, 1.82) is 0 Å². The fourth-order valence-electron chi connectivity index (χ4n) is 1.78. The SMILES string of the molecule is CC(=O)OC[C@@H]1CC[C@@H](n2cnc(N)nc2=O)O1.COC(C)=O. The van der Waals surface area contributed by atoms with Crippen molar-refractivity contribution in [1.82, 2.24) is 14.5 Å². The summed E-state index contributed by atoms with van der Waals surface area (Å²) in [5.41, 5.74) is 4.80. The van der Waals surface area contributed by atoms with Gasteiger partial charge in [0.15, 0.2) is 0 Å². The Labute approximate surface area is 132 Å². The van der Waals surface area contributed by atoms with Crippen molar-refractivity contribution in [3.63, 3.8) is 0 Å². The first-order chi connectivity index (χ1) is 10.8. The second-order valence-corrected chi connectivity index (χ2v) is 4.69. The fourth-order valence-corrected chi connectivity index (χ4v) is 1.78. The number of aromatic nitrogens is 3. The predicted octanol–water partition coefficient (Wildman–Crippen LogP) is -0.359. The molecule has 23 heavy (non-hydrogen) atoms. The second-order valence-electron chi connectivity index (χ2n) is 4.69. The molecule has 0 amide bonds. The highest BCUT2D eigenvalue weighted by Gasteiger charge is 2.28. The van der Waals surface area contributed by atoms with Crippen LogP contribution in [-0.2, 0) is 23.8 Å². The van der Waals surface area contributed by atoms with Gasteiger partial charge in [-0.1, -0.05) is 0 Å². The van der Waals surface area contributed by atoms with Crippen molar-refractivity contribution in [2.24, 2.45) is 0 Å². The molecular formula is C13H20N4O6. The van der Waals surface area contributed by atoms with E-state index in [9.17, 15) is 14.4 Å². The van der Waals surface area contributed by atoms with Crippen molar-refractivity contribution in [2.75, 3.05) is 19.5 Å². The molecule has 1 aromatic heterocycles. The highest BCUT2D eigenvalue weighted by atomic mass is 16.6. The average Bonchev–Trinajstić information content (AvgIpc) is 2.94. The van der Waals surface area contributed by atoms with Crippen molar-refractivity contribution in [3.05, 3.63) is 16.8 Å². The van der Waals surface area contributed by atoms with E-state index in [-0.39, 0.29) is 30.6 Å². The van der Waals surface area contributed by atoms with Crippen LogP contribution in [0.1, 0.15) is 32.9 Å². The molecule has 1 fully saturated rings. The van der Waals surface area contributed by atoms with Gasteiger partial charge in [-0.2, -0.15) is 4.98 Å². The first-order valence-electron chi connectivity index (χ1n) is 6.87. The van der Waals surface area contributed by atoms with Gasteiger partial charge in [-0.25, -0.2) is 9.78 Å². The molecule has 10 heteroatoms. The predicted molar refractivity (Wildman–Crippen MR) is 78.2 cm³/mol. The Balaban J connectivity index is 0.000000463. The molecule has 0 bridgehead atoms. The van der Waals surface area contributed by atoms with Crippen molar-refractivity contribution >= 4 is 17.9 Å². The molecule has 10 nitrogen and oxygen atoms in total. The van der Waals surface area contributed by atoms with E-state index in [1.165, 1.54) is 31.9 Å². The van der Waals surface area contributed by atoms with Gasteiger partial charge in [0.1, 0.15) is 19.2 Å². The summed E-state index contributed by atoms with van der Waals surface area (Å²) in [4.78, 5) is 39.1. The van der Waals surface area contributed by atoms with Crippen molar-refractivity contribution in [3.8, 4) is 0 Å². The van der Waals surface area contributed by atoms with E-state index >= 15 is 0 Å². The first-order valence-corrected chi connectivity index (χ1v) is 6.87. The maximum atomic E-state index is 11.6. The number of hydrogen-bond donors (Lipinski definition) is 1. The van der Waals surface area contributed by atoms with Crippen molar-refractivity contribution in [2.45, 2.75) is 39.0 Å². The number of carbonyl (C=O) groups excluding carboxylic acids is 2. The van der Waals surface area contributed by atoms with E-state index in [1.54, 1.807) is 0 Å². The van der Waals surface area contributed by atoms with Gasteiger partial charge >= 0.3 is 17.6 Å². The quantitative estimate of drug-likeness (QED) is 0.737. The van der Waals surface area contributed by atoms with Crippen molar-refractivity contribution < 1.29 is 23.8 Å². The Hall–Kier alpha value is -2.49. The van der Waals surface area contributed by atoms with E-state index in [1.807, 2.05) is 0 Å². The molecule has 0 radical (unpaired) electrons. The lowest BCUT2D eigenvalue weighted by Gasteiger charge is -2.14. The minimum atomic E-state index is -0.499. The Bertz CT molecular complexity index is 602. The van der Waals surface area contributed by atoms with Crippen LogP contribution in [0, 0.1) is 0 Å². The van der Waals surface area contributed by atoms with Crippen LogP contribution in [0.25, 0.3) is 0 Å². The summed E-state index contributed by atoms with van der Waals surface area (Å²) in [5.74, 6) is -0.661. The Morgan fingerprint density at radius 2 is 2.04 bits per heavy atom. The molecule has 0 unspecified atom stereocenters. The standard InChI is InChI=1S/C10H14N4O4.C3H6O2/c1-6(15)17-4-7-2-3-8(18-7)14-5-12-9(11)13-10(14)16;1-3(4)5-2/h5,7-8H,2-4H2,1H3,(H2,11,13,16);1-2H3/t7-,8-;/m0./s1. The number of nitrogen functional groups attached to an aromatic ring is 1. The van der Waals surface area contributed by atoms with Gasteiger partial charge in [0.25, 0.3) is 0 Å². The second kappa shape index (κ2) is 8.83. The van der Waals surface area contributed by atoms with Gasteiger partial charge in [-0.3, -0.25) is 14.2 Å². The summed E-state index contributed by atoms with van der Waals surface area (Å²) >= 11 is 0. The molecule has 2 atom stereocenters. The fraction of sp³-hybridized carbons (Fsp3) is 0.615. The van der Waals surface area contributed by atoms with Crippen LogP contribution in [0.15, 0.2) is 11.1 Å². The third-order valence-electron chi connectivity index (χ3n) is 2.90. The molecule has 0 saturated carbocycles. The highest BCUT2D eigenvalue weighted by molar-refractivity contribution is 5.66. The maximum Gasteiger partial charge on any atom is 0.354 e. The number of hydrogen-bond acceptors (Lipinski definition) is 9. The summed E-state index contributed by atoms with van der Waals surface area (Å²) in [7, 11) is 1.35. The smallest absolute Gasteiger partial charge is 0.354 e. The van der Waals surface area contributed by atoms with Gasteiger partial charge in [-0.15, -0.1) is 0 Å². The highest BCUT2D eigenvalue weighted by Crippen LogP contribution is 2.26. The van der Waals surface area contributed by atoms with Crippen LogP contribution in [0.4, 0.5) is 5.95 Å². The number of anilines is 1. The number of esters is 2.